The van der Waals surface area contributed by atoms with Crippen LogP contribution in [0.4, 0.5) is 0 Å². The molecular weight excluding hydrogens is 262 g/mol. The second-order valence-corrected chi connectivity index (χ2v) is 5.54. The van der Waals surface area contributed by atoms with E-state index in [-0.39, 0.29) is 5.78 Å². The largest absolute Gasteiger partial charge is 0.465 e. The lowest BCUT2D eigenvalue weighted by Gasteiger charge is -2.13. The summed E-state index contributed by atoms with van der Waals surface area (Å²) in [5.74, 6) is 0.815. The van der Waals surface area contributed by atoms with E-state index in [0.717, 1.165) is 40.9 Å². The number of H-pyrrole nitrogens is 1. The van der Waals surface area contributed by atoms with Crippen LogP contribution in [0.1, 0.15) is 33.8 Å². The molecule has 21 heavy (non-hydrogen) atoms. The molecule has 1 aliphatic rings. The Morgan fingerprint density at radius 3 is 2.95 bits per heavy atom. The van der Waals surface area contributed by atoms with Gasteiger partial charge in [-0.25, -0.2) is 0 Å². The third kappa shape index (κ3) is 1.93. The molecule has 1 aromatic carbocycles. The summed E-state index contributed by atoms with van der Waals surface area (Å²) in [5, 5.41) is 1.17. The summed E-state index contributed by atoms with van der Waals surface area (Å²) in [6.45, 7) is 2.06. The fourth-order valence-corrected chi connectivity index (χ4v) is 3.04. The van der Waals surface area contributed by atoms with Crippen molar-refractivity contribution >= 4 is 22.8 Å². The predicted molar refractivity (Wildman–Crippen MR) is 82.4 cm³/mol. The number of aromatic amines is 1. The minimum absolute atomic E-state index is 0.0847. The highest BCUT2D eigenvalue weighted by atomic mass is 16.3. The topological polar surface area (TPSA) is 46.0 Å². The number of aromatic nitrogens is 1. The van der Waals surface area contributed by atoms with Crippen molar-refractivity contribution in [2.24, 2.45) is 0 Å². The average Bonchev–Trinajstić information content (AvgIpc) is 3.09. The molecule has 2 aromatic heterocycles. The van der Waals surface area contributed by atoms with Gasteiger partial charge in [-0.1, -0.05) is 12.1 Å². The Hall–Kier alpha value is -2.55. The van der Waals surface area contributed by atoms with E-state index in [9.17, 15) is 4.79 Å². The lowest BCUT2D eigenvalue weighted by atomic mass is 9.90. The molecule has 0 amide bonds. The molecule has 104 valence electrons. The van der Waals surface area contributed by atoms with Gasteiger partial charge in [-0.15, -0.1) is 0 Å². The molecule has 0 atom stereocenters. The van der Waals surface area contributed by atoms with Crippen LogP contribution < -0.4 is 0 Å². The molecule has 0 fully saturated rings. The van der Waals surface area contributed by atoms with Crippen LogP contribution in [0.15, 0.2) is 46.6 Å². The van der Waals surface area contributed by atoms with Gasteiger partial charge in [0.25, 0.3) is 0 Å². The number of aryl methyl sites for hydroxylation is 2. The third-order valence-corrected chi connectivity index (χ3v) is 4.08. The maximum absolute atomic E-state index is 12.7. The fraction of sp³-hybridized carbons (Fsp3) is 0.167. The van der Waals surface area contributed by atoms with Crippen molar-refractivity contribution in [2.45, 2.75) is 19.8 Å². The summed E-state index contributed by atoms with van der Waals surface area (Å²) in [7, 11) is 0. The molecule has 0 aliphatic heterocycles. The van der Waals surface area contributed by atoms with Gasteiger partial charge in [-0.05, 0) is 55.2 Å². The summed E-state index contributed by atoms with van der Waals surface area (Å²) in [6, 6.07) is 9.99. The van der Waals surface area contributed by atoms with Crippen LogP contribution in [-0.4, -0.2) is 10.8 Å². The number of allylic oxidation sites excluding steroid dienone is 1. The number of hydrogen-bond acceptors (Lipinski definition) is 2. The molecule has 4 rings (SSSR count). The summed E-state index contributed by atoms with van der Waals surface area (Å²) < 4.78 is 5.31. The van der Waals surface area contributed by atoms with Gasteiger partial charge < -0.3 is 9.40 Å². The zero-order valence-electron chi connectivity index (χ0n) is 11.8. The Balaban J connectivity index is 1.83. The number of benzene rings is 1. The zero-order valence-corrected chi connectivity index (χ0v) is 11.8. The van der Waals surface area contributed by atoms with Crippen molar-refractivity contribution in [1.29, 1.82) is 0 Å². The Kier molecular flexibility index (Phi) is 2.61. The van der Waals surface area contributed by atoms with Gasteiger partial charge in [-0.3, -0.25) is 4.79 Å². The first-order chi connectivity index (χ1) is 10.2. The van der Waals surface area contributed by atoms with Crippen molar-refractivity contribution in [3.63, 3.8) is 0 Å². The molecule has 0 saturated carbocycles. The molecule has 1 N–H and O–H groups in total. The second kappa shape index (κ2) is 4.48. The van der Waals surface area contributed by atoms with Crippen molar-refractivity contribution < 1.29 is 9.21 Å². The molecule has 0 bridgehead atoms. The molecular formula is C18H15NO2. The number of ketones is 1. The van der Waals surface area contributed by atoms with Gasteiger partial charge in [0.15, 0.2) is 0 Å². The van der Waals surface area contributed by atoms with E-state index >= 15 is 0 Å². The molecule has 0 saturated heterocycles. The maximum Gasteiger partial charge on any atom is 0.205 e. The summed E-state index contributed by atoms with van der Waals surface area (Å²) in [6.07, 6.45) is 5.11. The van der Waals surface area contributed by atoms with Crippen LogP contribution in [0.3, 0.4) is 0 Å². The minimum atomic E-state index is 0.0847. The highest BCUT2D eigenvalue weighted by molar-refractivity contribution is 6.14. The highest BCUT2D eigenvalue weighted by Crippen LogP contribution is 2.32. The number of hydrogen-bond donors (Lipinski definition) is 1. The molecule has 0 radical (unpaired) electrons. The molecule has 3 nitrogen and oxygen atoms in total. The molecule has 3 aromatic rings. The summed E-state index contributed by atoms with van der Waals surface area (Å²) in [4.78, 5) is 16.0. The van der Waals surface area contributed by atoms with Crippen LogP contribution in [0.25, 0.3) is 17.0 Å². The smallest absolute Gasteiger partial charge is 0.205 e. The maximum atomic E-state index is 12.7. The Bertz CT molecular complexity index is 866. The number of Topliss-reactive ketones (excluding diaryl/α,β-unsaturated/α-hetero) is 1. The number of rotatable bonds is 1. The second-order valence-electron chi connectivity index (χ2n) is 5.54. The van der Waals surface area contributed by atoms with E-state index in [4.69, 9.17) is 4.42 Å². The van der Waals surface area contributed by atoms with Crippen molar-refractivity contribution in [1.82, 2.24) is 4.98 Å². The number of carbonyl (C=O) groups excluding carboxylic acids is 1. The summed E-state index contributed by atoms with van der Waals surface area (Å²) in [5.41, 5.74) is 4.93. The van der Waals surface area contributed by atoms with Gasteiger partial charge in [0.1, 0.15) is 5.76 Å². The van der Waals surface area contributed by atoms with Gasteiger partial charge in [0, 0.05) is 16.5 Å². The first-order valence-electron chi connectivity index (χ1n) is 7.12. The van der Waals surface area contributed by atoms with Crippen LogP contribution in [0, 0.1) is 6.92 Å². The highest BCUT2D eigenvalue weighted by Gasteiger charge is 2.25. The van der Waals surface area contributed by atoms with E-state index in [2.05, 4.69) is 30.1 Å². The van der Waals surface area contributed by atoms with Gasteiger partial charge in [0.2, 0.25) is 5.78 Å². The van der Waals surface area contributed by atoms with Crippen LogP contribution >= 0.6 is 0 Å². The van der Waals surface area contributed by atoms with E-state index in [0.29, 0.717) is 0 Å². The van der Waals surface area contributed by atoms with Gasteiger partial charge in [-0.2, -0.15) is 0 Å². The monoisotopic (exact) mass is 277 g/mol. The van der Waals surface area contributed by atoms with Crippen LogP contribution in [-0.2, 0) is 6.42 Å². The van der Waals surface area contributed by atoms with E-state index in [1.54, 1.807) is 6.26 Å². The Labute approximate surface area is 122 Å². The molecule has 1 aliphatic carbocycles. The van der Waals surface area contributed by atoms with Crippen molar-refractivity contribution in [3.8, 4) is 0 Å². The van der Waals surface area contributed by atoms with Crippen LogP contribution in [0.2, 0.25) is 0 Å². The standard InChI is InChI=1S/C18H15NO2/c1-11-4-6-14-15-7-5-12(10-13-3-2-8-21-13)18(20)17(15)19-16(14)9-11/h2-4,6,8-10,19H,5,7H2,1H3/b12-10+. The lowest BCUT2D eigenvalue weighted by Crippen LogP contribution is -2.13. The van der Waals surface area contributed by atoms with Crippen LogP contribution in [0.5, 0.6) is 0 Å². The molecule has 3 heteroatoms. The third-order valence-electron chi connectivity index (χ3n) is 4.08. The molecule has 0 unspecified atom stereocenters. The lowest BCUT2D eigenvalue weighted by molar-refractivity contribution is 0.102. The molecule has 2 heterocycles. The Morgan fingerprint density at radius 2 is 2.14 bits per heavy atom. The number of carbonyl (C=O) groups is 1. The Morgan fingerprint density at radius 1 is 1.24 bits per heavy atom. The quantitative estimate of drug-likeness (QED) is 0.675. The normalized spacial score (nSPS) is 16.6. The minimum Gasteiger partial charge on any atom is -0.465 e. The zero-order chi connectivity index (χ0) is 14.4. The number of furan rings is 1. The van der Waals surface area contributed by atoms with E-state index in [1.165, 1.54) is 10.9 Å². The predicted octanol–water partition coefficient (Wildman–Crippen LogP) is 4.28. The SMILES string of the molecule is Cc1ccc2c3c([nH]c2c1)C(=O)/C(=C/c1ccco1)CC3. The van der Waals surface area contributed by atoms with Crippen molar-refractivity contribution in [2.75, 3.05) is 0 Å². The van der Waals surface area contributed by atoms with E-state index < -0.39 is 0 Å². The van der Waals surface area contributed by atoms with E-state index in [1.807, 2.05) is 18.2 Å². The number of nitrogens with one attached hydrogen (secondary N) is 1. The van der Waals surface area contributed by atoms with Gasteiger partial charge >= 0.3 is 0 Å². The first kappa shape index (κ1) is 12.2. The summed E-state index contributed by atoms with van der Waals surface area (Å²) >= 11 is 0. The molecule has 0 spiro atoms. The van der Waals surface area contributed by atoms with Gasteiger partial charge in [0.05, 0.1) is 12.0 Å². The number of fused-ring (bicyclic) bond motifs is 3. The van der Waals surface area contributed by atoms with Crippen molar-refractivity contribution in [3.05, 3.63) is 64.7 Å². The first-order valence-corrected chi connectivity index (χ1v) is 7.12. The average molecular weight is 277 g/mol. The fourth-order valence-electron chi connectivity index (χ4n) is 3.04.